The van der Waals surface area contributed by atoms with E-state index in [2.05, 4.69) is 9.97 Å². The number of carboxylic acids is 2. The molecule has 1 aromatic carbocycles. The minimum atomic E-state index is -1.14. The standard InChI is InChI=1S/C10H8N2O4/c13-8(14)4-5-1-2-6-7(3-5)12-9(11-6)10(15)16/h1-3H,4H2,(H,11,12)(H,13,14)(H,15,16). The number of nitrogens with one attached hydrogen (secondary N) is 1. The fourth-order valence-corrected chi connectivity index (χ4v) is 1.44. The number of aromatic amines is 1. The molecule has 0 radical (unpaired) electrons. The Hall–Kier alpha value is -2.37. The molecule has 0 aliphatic rings. The number of hydrogen-bond acceptors (Lipinski definition) is 3. The predicted octanol–water partition coefficient (Wildman–Crippen LogP) is 0.888. The molecule has 0 unspecified atom stereocenters. The fourth-order valence-electron chi connectivity index (χ4n) is 1.44. The summed E-state index contributed by atoms with van der Waals surface area (Å²) < 4.78 is 0. The van der Waals surface area contributed by atoms with Gasteiger partial charge in [0, 0.05) is 0 Å². The summed E-state index contributed by atoms with van der Waals surface area (Å²) in [7, 11) is 0. The van der Waals surface area contributed by atoms with Gasteiger partial charge in [-0.15, -0.1) is 0 Å². The number of nitrogens with zero attached hydrogens (tertiary/aromatic N) is 1. The lowest BCUT2D eigenvalue weighted by atomic mass is 10.1. The number of benzene rings is 1. The molecular formula is C10H8N2O4. The van der Waals surface area contributed by atoms with Gasteiger partial charge in [-0.25, -0.2) is 9.78 Å². The molecular weight excluding hydrogens is 212 g/mol. The van der Waals surface area contributed by atoms with Crippen molar-refractivity contribution in [2.45, 2.75) is 6.42 Å². The summed E-state index contributed by atoms with van der Waals surface area (Å²) in [6.45, 7) is 0. The molecule has 0 fully saturated rings. The van der Waals surface area contributed by atoms with Gasteiger partial charge in [0.2, 0.25) is 5.82 Å². The van der Waals surface area contributed by atoms with Crippen molar-refractivity contribution in [2.24, 2.45) is 0 Å². The van der Waals surface area contributed by atoms with Crippen LogP contribution in [0.4, 0.5) is 0 Å². The number of H-pyrrole nitrogens is 1. The van der Waals surface area contributed by atoms with E-state index in [1.165, 1.54) is 0 Å². The first-order valence-electron chi connectivity index (χ1n) is 4.50. The molecule has 0 aliphatic carbocycles. The van der Waals surface area contributed by atoms with Gasteiger partial charge in [-0.3, -0.25) is 4.79 Å². The Balaban J connectivity index is 2.45. The van der Waals surface area contributed by atoms with E-state index in [0.29, 0.717) is 16.6 Å². The molecule has 0 saturated heterocycles. The van der Waals surface area contributed by atoms with Crippen molar-refractivity contribution in [3.8, 4) is 0 Å². The molecule has 0 atom stereocenters. The molecule has 1 aromatic heterocycles. The summed E-state index contributed by atoms with van der Waals surface area (Å²) in [5.74, 6) is -2.23. The predicted molar refractivity (Wildman–Crippen MR) is 54.4 cm³/mol. The van der Waals surface area contributed by atoms with Gasteiger partial charge in [-0.1, -0.05) is 6.07 Å². The van der Waals surface area contributed by atoms with Crippen LogP contribution in [-0.2, 0) is 11.2 Å². The summed E-state index contributed by atoms with van der Waals surface area (Å²) in [5.41, 5.74) is 1.63. The summed E-state index contributed by atoms with van der Waals surface area (Å²) in [6.07, 6.45) is -0.0998. The van der Waals surface area contributed by atoms with Gasteiger partial charge < -0.3 is 15.2 Å². The first-order valence-corrected chi connectivity index (χ1v) is 4.50. The van der Waals surface area contributed by atoms with Crippen LogP contribution in [-0.4, -0.2) is 32.1 Å². The second-order valence-corrected chi connectivity index (χ2v) is 3.31. The summed E-state index contributed by atoms with van der Waals surface area (Å²) >= 11 is 0. The fraction of sp³-hybridized carbons (Fsp3) is 0.100. The second-order valence-electron chi connectivity index (χ2n) is 3.31. The number of hydrogen-bond donors (Lipinski definition) is 3. The molecule has 3 N–H and O–H groups in total. The van der Waals surface area contributed by atoms with Gasteiger partial charge >= 0.3 is 11.9 Å². The highest BCUT2D eigenvalue weighted by Crippen LogP contribution is 2.14. The lowest BCUT2D eigenvalue weighted by Crippen LogP contribution is -1.99. The third-order valence-corrected chi connectivity index (χ3v) is 2.10. The SMILES string of the molecule is O=C(O)Cc1ccc2nc(C(=O)O)[nH]c2c1. The Morgan fingerprint density at radius 1 is 1.31 bits per heavy atom. The largest absolute Gasteiger partial charge is 0.481 e. The average molecular weight is 220 g/mol. The van der Waals surface area contributed by atoms with Crippen LogP contribution in [0, 0.1) is 0 Å². The van der Waals surface area contributed by atoms with Gasteiger partial charge in [0.15, 0.2) is 0 Å². The number of rotatable bonds is 3. The molecule has 6 nitrogen and oxygen atoms in total. The van der Waals surface area contributed by atoms with Crippen LogP contribution < -0.4 is 0 Å². The lowest BCUT2D eigenvalue weighted by Gasteiger charge is -1.95. The Labute approximate surface area is 89.5 Å². The third kappa shape index (κ3) is 1.85. The number of carboxylic acid groups (broad SMARTS) is 2. The monoisotopic (exact) mass is 220 g/mol. The maximum atomic E-state index is 10.6. The van der Waals surface area contributed by atoms with Crippen LogP contribution in [0.1, 0.15) is 16.2 Å². The quantitative estimate of drug-likeness (QED) is 0.712. The zero-order valence-electron chi connectivity index (χ0n) is 8.10. The van der Waals surface area contributed by atoms with Crippen molar-refractivity contribution in [2.75, 3.05) is 0 Å². The summed E-state index contributed by atoms with van der Waals surface area (Å²) in [6, 6.07) is 4.79. The van der Waals surface area contributed by atoms with E-state index in [1.807, 2.05) is 0 Å². The third-order valence-electron chi connectivity index (χ3n) is 2.10. The number of aromatic nitrogens is 2. The van der Waals surface area contributed by atoms with E-state index >= 15 is 0 Å². The second kappa shape index (κ2) is 3.65. The molecule has 2 aromatic rings. The van der Waals surface area contributed by atoms with Gasteiger partial charge in [0.05, 0.1) is 17.5 Å². The van der Waals surface area contributed by atoms with Crippen LogP contribution in [0.25, 0.3) is 11.0 Å². The van der Waals surface area contributed by atoms with E-state index in [4.69, 9.17) is 10.2 Å². The van der Waals surface area contributed by atoms with Crippen molar-refractivity contribution >= 4 is 23.0 Å². The van der Waals surface area contributed by atoms with Crippen LogP contribution in [0.15, 0.2) is 18.2 Å². The molecule has 0 aliphatic heterocycles. The number of aliphatic carboxylic acids is 1. The maximum absolute atomic E-state index is 10.6. The zero-order valence-corrected chi connectivity index (χ0v) is 8.10. The van der Waals surface area contributed by atoms with Crippen molar-refractivity contribution < 1.29 is 19.8 Å². The maximum Gasteiger partial charge on any atom is 0.371 e. The van der Waals surface area contributed by atoms with Crippen molar-refractivity contribution in [1.29, 1.82) is 0 Å². The summed E-state index contributed by atoms with van der Waals surface area (Å²) in [5, 5.41) is 17.3. The molecule has 6 heteroatoms. The smallest absolute Gasteiger partial charge is 0.371 e. The first-order chi connectivity index (χ1) is 7.56. The van der Waals surface area contributed by atoms with Crippen molar-refractivity contribution in [1.82, 2.24) is 9.97 Å². The molecule has 0 bridgehead atoms. The molecule has 0 spiro atoms. The highest BCUT2D eigenvalue weighted by atomic mass is 16.4. The van der Waals surface area contributed by atoms with Gasteiger partial charge in [0.1, 0.15) is 0 Å². The van der Waals surface area contributed by atoms with Gasteiger partial charge in [-0.05, 0) is 17.7 Å². The van der Waals surface area contributed by atoms with E-state index in [9.17, 15) is 9.59 Å². The van der Waals surface area contributed by atoms with Gasteiger partial charge in [0.25, 0.3) is 0 Å². The van der Waals surface area contributed by atoms with Crippen LogP contribution in [0.3, 0.4) is 0 Å². The number of aromatic carboxylic acids is 1. The first kappa shape index (κ1) is 10.2. The normalized spacial score (nSPS) is 10.5. The highest BCUT2D eigenvalue weighted by Gasteiger charge is 2.10. The minimum absolute atomic E-state index is 0.0998. The lowest BCUT2D eigenvalue weighted by molar-refractivity contribution is -0.136. The highest BCUT2D eigenvalue weighted by molar-refractivity contribution is 5.89. The van der Waals surface area contributed by atoms with Gasteiger partial charge in [-0.2, -0.15) is 0 Å². The Morgan fingerprint density at radius 3 is 2.69 bits per heavy atom. The van der Waals surface area contributed by atoms with E-state index in [1.54, 1.807) is 18.2 Å². The van der Waals surface area contributed by atoms with Crippen LogP contribution in [0.2, 0.25) is 0 Å². The topological polar surface area (TPSA) is 103 Å². The molecule has 1 heterocycles. The molecule has 2 rings (SSSR count). The zero-order chi connectivity index (χ0) is 11.7. The van der Waals surface area contributed by atoms with Crippen molar-refractivity contribution in [3.63, 3.8) is 0 Å². The number of imidazole rings is 1. The van der Waals surface area contributed by atoms with E-state index in [0.717, 1.165) is 0 Å². The molecule has 16 heavy (non-hydrogen) atoms. The Kier molecular flexibility index (Phi) is 2.32. The number of carbonyl (C=O) groups is 2. The molecule has 0 saturated carbocycles. The van der Waals surface area contributed by atoms with Crippen molar-refractivity contribution in [3.05, 3.63) is 29.6 Å². The Morgan fingerprint density at radius 2 is 2.06 bits per heavy atom. The van der Waals surface area contributed by atoms with Crippen LogP contribution >= 0.6 is 0 Å². The minimum Gasteiger partial charge on any atom is -0.481 e. The average Bonchev–Trinajstić information content (AvgIpc) is 2.59. The van der Waals surface area contributed by atoms with Crippen LogP contribution in [0.5, 0.6) is 0 Å². The van der Waals surface area contributed by atoms with E-state index in [-0.39, 0.29) is 12.2 Å². The summed E-state index contributed by atoms with van der Waals surface area (Å²) in [4.78, 5) is 27.6. The Bertz CT molecular complexity index is 573. The molecule has 82 valence electrons. The van der Waals surface area contributed by atoms with E-state index < -0.39 is 11.9 Å². The number of fused-ring (bicyclic) bond motifs is 1. The molecule has 0 amide bonds.